The van der Waals surface area contributed by atoms with Gasteiger partial charge >= 0.3 is 0 Å². The second-order valence-electron chi connectivity index (χ2n) is 5.38. The molecule has 0 radical (unpaired) electrons. The Morgan fingerprint density at radius 3 is 1.89 bits per heavy atom. The molecule has 0 amide bonds. The van der Waals surface area contributed by atoms with Gasteiger partial charge in [0, 0.05) is 12.1 Å². The Kier molecular flexibility index (Phi) is 6.54. The number of allylic oxidation sites excluding steroid dienone is 1. The highest BCUT2D eigenvalue weighted by Crippen LogP contribution is 2.44. The number of hydrogen-bond acceptors (Lipinski definition) is 7. The molecule has 144 valence electrons. The third-order valence-corrected chi connectivity index (χ3v) is 3.88. The summed E-state index contributed by atoms with van der Waals surface area (Å²) < 4.78 is 25.9. The highest BCUT2D eigenvalue weighted by molar-refractivity contribution is 6.11. The van der Waals surface area contributed by atoms with Gasteiger partial charge < -0.3 is 28.8 Å². The Bertz CT molecular complexity index is 834. The molecule has 0 unspecified atom stereocenters. The molecule has 0 bridgehead atoms. The first-order chi connectivity index (χ1) is 13.0. The first-order valence-corrected chi connectivity index (χ1v) is 7.96. The molecule has 0 atom stereocenters. The van der Waals surface area contributed by atoms with E-state index in [-0.39, 0.29) is 28.6 Å². The zero-order chi connectivity index (χ0) is 20.0. The molecule has 7 heteroatoms. The van der Waals surface area contributed by atoms with Crippen LogP contribution in [-0.2, 0) is 0 Å². The predicted molar refractivity (Wildman–Crippen MR) is 101 cm³/mol. The van der Waals surface area contributed by atoms with Crippen molar-refractivity contribution in [2.24, 2.45) is 0 Å². The fourth-order valence-electron chi connectivity index (χ4n) is 2.53. The minimum absolute atomic E-state index is 0.0266. The lowest BCUT2D eigenvalue weighted by atomic mass is 10.0. The van der Waals surface area contributed by atoms with E-state index >= 15 is 0 Å². The second-order valence-corrected chi connectivity index (χ2v) is 5.38. The molecule has 7 nitrogen and oxygen atoms in total. The summed E-state index contributed by atoms with van der Waals surface area (Å²) in [6.07, 6.45) is 2.90. The minimum atomic E-state index is -0.466. The number of phenols is 1. The fraction of sp³-hybridized carbons (Fsp3) is 0.250. The Labute approximate surface area is 157 Å². The summed E-state index contributed by atoms with van der Waals surface area (Å²) in [5.74, 6) is 0.839. The van der Waals surface area contributed by atoms with Gasteiger partial charge in [-0.1, -0.05) is 6.08 Å². The number of rotatable bonds is 8. The molecule has 0 aliphatic rings. The van der Waals surface area contributed by atoms with Crippen molar-refractivity contribution in [1.82, 2.24) is 0 Å². The van der Waals surface area contributed by atoms with Crippen molar-refractivity contribution in [3.8, 4) is 34.5 Å². The minimum Gasteiger partial charge on any atom is -0.504 e. The molecule has 0 saturated carbocycles. The van der Waals surface area contributed by atoms with Crippen molar-refractivity contribution in [2.45, 2.75) is 0 Å². The standard InChI is InChI=1S/C20H22O7/c1-23-13-8-12(9-14(10-13)24-2)6-7-15(21)18-16(25-3)11-17(26-4)20(27-5)19(18)22/h6-11,22H,1-5H3. The summed E-state index contributed by atoms with van der Waals surface area (Å²) in [5.41, 5.74) is 0.666. The quantitative estimate of drug-likeness (QED) is 0.560. The molecule has 2 aromatic rings. The zero-order valence-corrected chi connectivity index (χ0v) is 15.9. The van der Waals surface area contributed by atoms with Gasteiger partial charge in [0.25, 0.3) is 0 Å². The van der Waals surface area contributed by atoms with E-state index in [9.17, 15) is 9.90 Å². The lowest BCUT2D eigenvalue weighted by Crippen LogP contribution is -2.03. The molecule has 0 aromatic heterocycles. The third-order valence-electron chi connectivity index (χ3n) is 3.88. The van der Waals surface area contributed by atoms with E-state index in [1.807, 2.05) is 0 Å². The van der Waals surface area contributed by atoms with E-state index in [4.69, 9.17) is 23.7 Å². The lowest BCUT2D eigenvalue weighted by molar-refractivity contribution is 0.104. The van der Waals surface area contributed by atoms with E-state index in [0.717, 1.165) is 0 Å². The fourth-order valence-corrected chi connectivity index (χ4v) is 2.53. The van der Waals surface area contributed by atoms with Gasteiger partial charge in [-0.3, -0.25) is 4.79 Å². The molecule has 0 heterocycles. The number of phenolic OH excluding ortho intramolecular Hbond substituents is 1. The van der Waals surface area contributed by atoms with Crippen molar-refractivity contribution in [1.29, 1.82) is 0 Å². The number of carbonyl (C=O) groups is 1. The number of methoxy groups -OCH3 is 5. The Morgan fingerprint density at radius 2 is 1.41 bits per heavy atom. The molecule has 0 saturated heterocycles. The van der Waals surface area contributed by atoms with E-state index < -0.39 is 5.78 Å². The highest BCUT2D eigenvalue weighted by atomic mass is 16.5. The molecule has 2 rings (SSSR count). The van der Waals surface area contributed by atoms with Gasteiger partial charge in [0.1, 0.15) is 22.8 Å². The van der Waals surface area contributed by atoms with Crippen LogP contribution >= 0.6 is 0 Å². The molecule has 0 aliphatic carbocycles. The molecule has 0 fully saturated rings. The van der Waals surface area contributed by atoms with Gasteiger partial charge in [0.15, 0.2) is 17.3 Å². The van der Waals surface area contributed by atoms with Crippen LogP contribution in [-0.4, -0.2) is 46.4 Å². The largest absolute Gasteiger partial charge is 0.504 e. The summed E-state index contributed by atoms with van der Waals surface area (Å²) in [4.78, 5) is 12.7. The maximum atomic E-state index is 12.7. The molecule has 1 N–H and O–H groups in total. The summed E-state index contributed by atoms with van der Waals surface area (Å²) >= 11 is 0. The average molecular weight is 374 g/mol. The number of aromatic hydroxyl groups is 1. The van der Waals surface area contributed by atoms with Crippen LogP contribution in [0.1, 0.15) is 15.9 Å². The number of ketones is 1. The first kappa shape index (κ1) is 20.0. The van der Waals surface area contributed by atoms with Crippen LogP contribution in [0, 0.1) is 0 Å². The molecule has 0 aliphatic heterocycles. The average Bonchev–Trinajstić information content (AvgIpc) is 2.70. The van der Waals surface area contributed by atoms with Gasteiger partial charge in [0.2, 0.25) is 5.75 Å². The van der Waals surface area contributed by atoms with Crippen molar-refractivity contribution in [3.63, 3.8) is 0 Å². The number of benzene rings is 2. The van der Waals surface area contributed by atoms with Crippen molar-refractivity contribution in [3.05, 3.63) is 41.5 Å². The van der Waals surface area contributed by atoms with Crippen LogP contribution in [0.25, 0.3) is 6.08 Å². The van der Waals surface area contributed by atoms with Crippen LogP contribution in [0.2, 0.25) is 0 Å². The van der Waals surface area contributed by atoms with Crippen LogP contribution in [0.5, 0.6) is 34.5 Å². The van der Waals surface area contributed by atoms with Gasteiger partial charge in [-0.25, -0.2) is 0 Å². The lowest BCUT2D eigenvalue weighted by Gasteiger charge is -2.15. The maximum Gasteiger partial charge on any atom is 0.204 e. The van der Waals surface area contributed by atoms with Crippen LogP contribution in [0.3, 0.4) is 0 Å². The van der Waals surface area contributed by atoms with E-state index in [1.54, 1.807) is 38.5 Å². The Hall–Kier alpha value is -3.35. The smallest absolute Gasteiger partial charge is 0.204 e. The number of hydrogen-bond donors (Lipinski definition) is 1. The summed E-state index contributed by atoms with van der Waals surface area (Å²) in [6, 6.07) is 6.70. The van der Waals surface area contributed by atoms with Crippen LogP contribution < -0.4 is 23.7 Å². The van der Waals surface area contributed by atoms with Crippen molar-refractivity contribution < 1.29 is 33.6 Å². The van der Waals surface area contributed by atoms with E-state index in [0.29, 0.717) is 17.1 Å². The third kappa shape index (κ3) is 4.25. The molecule has 27 heavy (non-hydrogen) atoms. The topological polar surface area (TPSA) is 83.5 Å². The molecular weight excluding hydrogens is 352 g/mol. The van der Waals surface area contributed by atoms with Crippen molar-refractivity contribution in [2.75, 3.05) is 35.5 Å². The Balaban J connectivity index is 2.45. The zero-order valence-electron chi connectivity index (χ0n) is 15.9. The second kappa shape index (κ2) is 8.84. The number of carbonyl (C=O) groups excluding carboxylic acids is 1. The Morgan fingerprint density at radius 1 is 0.815 bits per heavy atom. The van der Waals surface area contributed by atoms with Crippen LogP contribution in [0.4, 0.5) is 0 Å². The summed E-state index contributed by atoms with van der Waals surface area (Å²) in [6.45, 7) is 0. The van der Waals surface area contributed by atoms with Gasteiger partial charge in [-0.15, -0.1) is 0 Å². The monoisotopic (exact) mass is 374 g/mol. The van der Waals surface area contributed by atoms with Gasteiger partial charge in [-0.2, -0.15) is 0 Å². The SMILES string of the molecule is COc1cc(C=CC(=O)c2c(OC)cc(OC)c(OC)c2O)cc(OC)c1. The molecule has 0 spiro atoms. The summed E-state index contributed by atoms with van der Waals surface area (Å²) in [5, 5.41) is 10.5. The van der Waals surface area contributed by atoms with Crippen LogP contribution in [0.15, 0.2) is 30.3 Å². The normalized spacial score (nSPS) is 10.6. The van der Waals surface area contributed by atoms with Gasteiger partial charge in [0.05, 0.1) is 35.5 Å². The molecule has 2 aromatic carbocycles. The van der Waals surface area contributed by atoms with Crippen molar-refractivity contribution >= 4 is 11.9 Å². The first-order valence-electron chi connectivity index (χ1n) is 7.96. The maximum absolute atomic E-state index is 12.7. The number of ether oxygens (including phenoxy) is 5. The van der Waals surface area contributed by atoms with E-state index in [1.165, 1.54) is 33.5 Å². The molecular formula is C20H22O7. The van der Waals surface area contributed by atoms with Gasteiger partial charge in [-0.05, 0) is 23.8 Å². The predicted octanol–water partition coefficient (Wildman–Crippen LogP) is 3.33. The highest BCUT2D eigenvalue weighted by Gasteiger charge is 2.23. The van der Waals surface area contributed by atoms with E-state index in [2.05, 4.69) is 0 Å². The summed E-state index contributed by atoms with van der Waals surface area (Å²) in [7, 11) is 7.28.